The predicted molar refractivity (Wildman–Crippen MR) is 89.1 cm³/mol. The Labute approximate surface area is 139 Å². The van der Waals surface area contributed by atoms with Gasteiger partial charge in [-0.3, -0.25) is 4.79 Å². The quantitative estimate of drug-likeness (QED) is 0.775. The molecule has 0 spiro atoms. The van der Waals surface area contributed by atoms with Crippen LogP contribution in [0.3, 0.4) is 0 Å². The van der Waals surface area contributed by atoms with Gasteiger partial charge in [-0.05, 0) is 48.9 Å². The van der Waals surface area contributed by atoms with E-state index in [2.05, 4.69) is 0 Å². The van der Waals surface area contributed by atoms with Crippen molar-refractivity contribution in [2.45, 2.75) is 13.3 Å². The van der Waals surface area contributed by atoms with Gasteiger partial charge in [-0.25, -0.2) is 0 Å². The molecule has 0 radical (unpaired) electrons. The van der Waals surface area contributed by atoms with Crippen molar-refractivity contribution in [3.05, 3.63) is 52.5 Å². The standard InChI is InChI=1S/C17H15Cl2NO2/c1-11-8-9-20(17(11)21)13-3-5-14(6-4-13)22-16-7-2-12(18)10-15(16)19/h2-7,10-11H,8-9H2,1H3. The van der Waals surface area contributed by atoms with Crippen LogP contribution in [0.1, 0.15) is 13.3 Å². The zero-order valence-corrected chi connectivity index (χ0v) is 13.6. The van der Waals surface area contributed by atoms with E-state index in [-0.39, 0.29) is 11.8 Å². The summed E-state index contributed by atoms with van der Waals surface area (Å²) in [5.41, 5.74) is 0.893. The molecule has 1 aliphatic heterocycles. The maximum Gasteiger partial charge on any atom is 0.229 e. The number of hydrogen-bond acceptors (Lipinski definition) is 2. The molecule has 1 aliphatic rings. The van der Waals surface area contributed by atoms with Crippen LogP contribution in [0.15, 0.2) is 42.5 Å². The number of anilines is 1. The average molecular weight is 336 g/mol. The van der Waals surface area contributed by atoms with Gasteiger partial charge in [0.05, 0.1) is 5.02 Å². The summed E-state index contributed by atoms with van der Waals surface area (Å²) in [6.45, 7) is 2.73. The van der Waals surface area contributed by atoms with Crippen molar-refractivity contribution in [2.75, 3.05) is 11.4 Å². The lowest BCUT2D eigenvalue weighted by Gasteiger charge is -2.16. The highest BCUT2D eigenvalue weighted by atomic mass is 35.5. The second-order valence-electron chi connectivity index (χ2n) is 5.35. The lowest BCUT2D eigenvalue weighted by molar-refractivity contribution is -0.119. The van der Waals surface area contributed by atoms with E-state index in [4.69, 9.17) is 27.9 Å². The fourth-order valence-electron chi connectivity index (χ4n) is 2.46. The maximum atomic E-state index is 12.0. The fourth-order valence-corrected chi connectivity index (χ4v) is 2.90. The van der Waals surface area contributed by atoms with Gasteiger partial charge in [-0.1, -0.05) is 30.1 Å². The van der Waals surface area contributed by atoms with E-state index >= 15 is 0 Å². The van der Waals surface area contributed by atoms with Crippen molar-refractivity contribution in [1.29, 1.82) is 0 Å². The monoisotopic (exact) mass is 335 g/mol. The molecule has 114 valence electrons. The van der Waals surface area contributed by atoms with Crippen molar-refractivity contribution in [1.82, 2.24) is 0 Å². The van der Waals surface area contributed by atoms with Crippen LogP contribution < -0.4 is 9.64 Å². The number of hydrogen-bond donors (Lipinski definition) is 0. The minimum absolute atomic E-state index is 0.101. The third-order valence-electron chi connectivity index (χ3n) is 3.74. The third kappa shape index (κ3) is 3.06. The van der Waals surface area contributed by atoms with Gasteiger partial charge in [0.1, 0.15) is 11.5 Å². The first-order valence-corrected chi connectivity index (χ1v) is 7.84. The molecule has 1 unspecified atom stereocenters. The van der Waals surface area contributed by atoms with Crippen LogP contribution >= 0.6 is 23.2 Å². The van der Waals surface area contributed by atoms with Crippen LogP contribution in [0, 0.1) is 5.92 Å². The lowest BCUT2D eigenvalue weighted by atomic mass is 10.1. The summed E-state index contributed by atoms with van der Waals surface area (Å²) in [5.74, 6) is 1.48. The van der Waals surface area contributed by atoms with E-state index in [0.717, 1.165) is 18.7 Å². The summed E-state index contributed by atoms with van der Waals surface area (Å²) in [5, 5.41) is 1.02. The zero-order valence-electron chi connectivity index (χ0n) is 12.1. The normalized spacial score (nSPS) is 17.9. The molecule has 1 heterocycles. The van der Waals surface area contributed by atoms with Gasteiger partial charge in [0.2, 0.25) is 5.91 Å². The molecule has 0 aromatic heterocycles. The number of carbonyl (C=O) groups is 1. The highest BCUT2D eigenvalue weighted by Gasteiger charge is 2.28. The van der Waals surface area contributed by atoms with Crippen molar-refractivity contribution in [2.24, 2.45) is 5.92 Å². The molecule has 0 bridgehead atoms. The summed E-state index contributed by atoms with van der Waals surface area (Å²) < 4.78 is 5.74. The highest BCUT2D eigenvalue weighted by molar-refractivity contribution is 6.35. The van der Waals surface area contributed by atoms with Crippen LogP contribution in [0.5, 0.6) is 11.5 Å². The van der Waals surface area contributed by atoms with Gasteiger partial charge in [-0.2, -0.15) is 0 Å². The summed E-state index contributed by atoms with van der Waals surface area (Å²) in [6, 6.07) is 12.5. The maximum absolute atomic E-state index is 12.0. The first-order valence-electron chi connectivity index (χ1n) is 7.09. The van der Waals surface area contributed by atoms with Crippen LogP contribution in [-0.4, -0.2) is 12.5 Å². The summed E-state index contributed by atoms with van der Waals surface area (Å²) in [4.78, 5) is 13.8. The van der Waals surface area contributed by atoms with Crippen molar-refractivity contribution in [3.8, 4) is 11.5 Å². The number of nitrogens with zero attached hydrogens (tertiary/aromatic N) is 1. The SMILES string of the molecule is CC1CCN(c2ccc(Oc3ccc(Cl)cc3Cl)cc2)C1=O. The summed E-state index contributed by atoms with van der Waals surface area (Å²) in [7, 11) is 0. The molecule has 1 fully saturated rings. The van der Waals surface area contributed by atoms with Crippen molar-refractivity contribution in [3.63, 3.8) is 0 Å². The molecule has 0 aliphatic carbocycles. The van der Waals surface area contributed by atoms with Gasteiger partial charge in [0, 0.05) is 23.2 Å². The van der Waals surface area contributed by atoms with Gasteiger partial charge < -0.3 is 9.64 Å². The number of amides is 1. The van der Waals surface area contributed by atoms with Gasteiger partial charge in [0.15, 0.2) is 0 Å². The van der Waals surface area contributed by atoms with E-state index in [9.17, 15) is 4.79 Å². The van der Waals surface area contributed by atoms with Crippen LogP contribution in [0.2, 0.25) is 10.0 Å². The minimum atomic E-state index is 0.101. The number of rotatable bonds is 3. The Kier molecular flexibility index (Phi) is 4.27. The molecule has 0 N–H and O–H groups in total. The molecule has 2 aromatic rings. The molecule has 2 aromatic carbocycles. The van der Waals surface area contributed by atoms with Gasteiger partial charge >= 0.3 is 0 Å². The smallest absolute Gasteiger partial charge is 0.229 e. The molecule has 0 saturated carbocycles. The Morgan fingerprint density at radius 2 is 1.86 bits per heavy atom. The van der Waals surface area contributed by atoms with Crippen LogP contribution in [0.25, 0.3) is 0 Å². The Bertz CT molecular complexity index is 700. The molecule has 1 atom stereocenters. The molecule has 3 rings (SSSR count). The molecule has 3 nitrogen and oxygen atoms in total. The second-order valence-corrected chi connectivity index (χ2v) is 6.19. The Balaban J connectivity index is 1.76. The second kappa shape index (κ2) is 6.19. The zero-order chi connectivity index (χ0) is 15.7. The predicted octanol–water partition coefficient (Wildman–Crippen LogP) is 5.16. The summed E-state index contributed by atoms with van der Waals surface area (Å²) >= 11 is 11.9. The van der Waals surface area contributed by atoms with E-state index in [1.807, 2.05) is 36.1 Å². The van der Waals surface area contributed by atoms with Crippen LogP contribution in [0.4, 0.5) is 5.69 Å². The van der Waals surface area contributed by atoms with E-state index in [1.165, 1.54) is 0 Å². The van der Waals surface area contributed by atoms with Crippen molar-refractivity contribution >= 4 is 34.8 Å². The average Bonchev–Trinajstić information content (AvgIpc) is 2.83. The molecule has 1 saturated heterocycles. The Hall–Kier alpha value is -1.71. The van der Waals surface area contributed by atoms with Gasteiger partial charge in [-0.15, -0.1) is 0 Å². The first kappa shape index (κ1) is 15.2. The largest absolute Gasteiger partial charge is 0.456 e. The third-order valence-corrected chi connectivity index (χ3v) is 4.27. The molecular weight excluding hydrogens is 321 g/mol. The van der Waals surface area contributed by atoms with E-state index in [1.54, 1.807) is 18.2 Å². The van der Waals surface area contributed by atoms with Gasteiger partial charge in [0.25, 0.3) is 0 Å². The van der Waals surface area contributed by atoms with E-state index in [0.29, 0.717) is 21.5 Å². The number of benzene rings is 2. The summed E-state index contributed by atoms with van der Waals surface area (Å²) in [6.07, 6.45) is 0.900. The Morgan fingerprint density at radius 3 is 2.45 bits per heavy atom. The molecular formula is C17H15Cl2NO2. The molecule has 5 heteroatoms. The lowest BCUT2D eigenvalue weighted by Crippen LogP contribution is -2.25. The number of carbonyl (C=O) groups excluding carboxylic acids is 1. The number of halogens is 2. The number of ether oxygens (including phenoxy) is 1. The highest BCUT2D eigenvalue weighted by Crippen LogP contribution is 2.33. The first-order chi connectivity index (χ1) is 10.5. The Morgan fingerprint density at radius 1 is 1.14 bits per heavy atom. The molecule has 22 heavy (non-hydrogen) atoms. The minimum Gasteiger partial charge on any atom is -0.456 e. The topological polar surface area (TPSA) is 29.5 Å². The fraction of sp³-hybridized carbons (Fsp3) is 0.235. The van der Waals surface area contributed by atoms with Crippen LogP contribution in [-0.2, 0) is 4.79 Å². The molecule has 1 amide bonds. The van der Waals surface area contributed by atoms with E-state index < -0.39 is 0 Å². The van der Waals surface area contributed by atoms with Crippen molar-refractivity contribution < 1.29 is 9.53 Å².